The van der Waals surface area contributed by atoms with Gasteiger partial charge < -0.3 is 5.32 Å². The van der Waals surface area contributed by atoms with E-state index in [9.17, 15) is 0 Å². The van der Waals surface area contributed by atoms with Crippen molar-refractivity contribution in [2.75, 3.05) is 7.05 Å². The van der Waals surface area contributed by atoms with E-state index in [1.165, 1.54) is 28.4 Å². The second-order valence-corrected chi connectivity index (χ2v) is 5.44. The zero-order valence-electron chi connectivity index (χ0n) is 10.5. The normalized spacial score (nSPS) is 13.1. The Morgan fingerprint density at radius 1 is 1.19 bits per heavy atom. The van der Waals surface area contributed by atoms with Gasteiger partial charge in [-0.15, -0.1) is 0 Å². The van der Waals surface area contributed by atoms with E-state index in [2.05, 4.69) is 73.1 Å². The van der Waals surface area contributed by atoms with Crippen LogP contribution in [-0.4, -0.2) is 7.05 Å². The van der Waals surface area contributed by atoms with Gasteiger partial charge in [0.2, 0.25) is 0 Å². The molecule has 90 valence electrons. The predicted octanol–water partition coefficient (Wildman–Crippen LogP) is 4.38. The molecule has 0 saturated carbocycles. The van der Waals surface area contributed by atoms with Gasteiger partial charge in [0.1, 0.15) is 0 Å². The molecule has 0 spiro atoms. The molecule has 1 nitrogen and oxygen atoms in total. The second kappa shape index (κ2) is 7.28. The highest BCUT2D eigenvalue weighted by Gasteiger charge is 2.16. The van der Waals surface area contributed by atoms with Crippen LogP contribution in [0.25, 0.3) is 0 Å². The summed E-state index contributed by atoms with van der Waals surface area (Å²) in [7, 11) is 2.07. The fourth-order valence-corrected chi connectivity index (χ4v) is 2.88. The van der Waals surface area contributed by atoms with Gasteiger partial charge in [-0.3, -0.25) is 0 Å². The van der Waals surface area contributed by atoms with Gasteiger partial charge in [-0.25, -0.2) is 0 Å². The van der Waals surface area contributed by atoms with Crippen molar-refractivity contribution in [2.45, 2.75) is 39.2 Å². The lowest BCUT2D eigenvalue weighted by atomic mass is 9.91. The van der Waals surface area contributed by atoms with Crippen LogP contribution in [0.4, 0.5) is 0 Å². The van der Waals surface area contributed by atoms with Gasteiger partial charge in [-0.05, 0) is 53.6 Å². The van der Waals surface area contributed by atoms with Crippen LogP contribution in [0.3, 0.4) is 0 Å². The average Bonchev–Trinajstić information content (AvgIpc) is 2.32. The largest absolute Gasteiger partial charge is 0.313 e. The van der Waals surface area contributed by atoms with Crippen LogP contribution in [0.1, 0.15) is 44.7 Å². The van der Waals surface area contributed by atoms with Crippen molar-refractivity contribution >= 4 is 22.6 Å². The first-order valence-corrected chi connectivity index (χ1v) is 7.22. The Kier molecular flexibility index (Phi) is 6.36. The standard InChI is InChI=1S/C14H22IN/c1-4-11(5-2)10-14(16-3)12-8-6-7-9-13(12)15/h6-9,11,14,16H,4-5,10H2,1-3H3. The minimum absolute atomic E-state index is 0.498. The summed E-state index contributed by atoms with van der Waals surface area (Å²) in [6.07, 6.45) is 3.79. The number of rotatable bonds is 6. The molecule has 0 aromatic heterocycles. The van der Waals surface area contributed by atoms with Gasteiger partial charge in [-0.2, -0.15) is 0 Å². The topological polar surface area (TPSA) is 12.0 Å². The molecule has 1 N–H and O–H groups in total. The molecule has 0 saturated heterocycles. The molecule has 1 atom stereocenters. The number of benzene rings is 1. The van der Waals surface area contributed by atoms with Crippen LogP contribution in [0.5, 0.6) is 0 Å². The van der Waals surface area contributed by atoms with Crippen LogP contribution < -0.4 is 5.32 Å². The fourth-order valence-electron chi connectivity index (χ4n) is 2.11. The lowest BCUT2D eigenvalue weighted by Gasteiger charge is -2.22. The van der Waals surface area contributed by atoms with Crippen molar-refractivity contribution in [3.8, 4) is 0 Å². The van der Waals surface area contributed by atoms with E-state index in [4.69, 9.17) is 0 Å². The van der Waals surface area contributed by atoms with E-state index in [1.54, 1.807) is 0 Å². The van der Waals surface area contributed by atoms with E-state index < -0.39 is 0 Å². The molecule has 0 radical (unpaired) electrons. The first-order chi connectivity index (χ1) is 7.72. The molecule has 16 heavy (non-hydrogen) atoms. The lowest BCUT2D eigenvalue weighted by Crippen LogP contribution is -2.20. The molecular formula is C14H22IN. The Balaban J connectivity index is 2.78. The summed E-state index contributed by atoms with van der Waals surface area (Å²) in [5.74, 6) is 0.827. The quantitative estimate of drug-likeness (QED) is 0.763. The molecule has 1 aromatic rings. The smallest absolute Gasteiger partial charge is 0.0330 e. The molecular weight excluding hydrogens is 309 g/mol. The van der Waals surface area contributed by atoms with E-state index in [-0.39, 0.29) is 0 Å². The number of hydrogen-bond acceptors (Lipinski definition) is 1. The van der Waals surface area contributed by atoms with Crippen molar-refractivity contribution in [3.05, 3.63) is 33.4 Å². The second-order valence-electron chi connectivity index (χ2n) is 4.28. The van der Waals surface area contributed by atoms with Crippen molar-refractivity contribution in [2.24, 2.45) is 5.92 Å². The summed E-state index contributed by atoms with van der Waals surface area (Å²) >= 11 is 2.43. The summed E-state index contributed by atoms with van der Waals surface area (Å²) in [4.78, 5) is 0. The Hall–Kier alpha value is -0.0900. The van der Waals surface area contributed by atoms with E-state index >= 15 is 0 Å². The molecule has 0 aliphatic carbocycles. The molecule has 0 aliphatic heterocycles. The minimum Gasteiger partial charge on any atom is -0.313 e. The van der Waals surface area contributed by atoms with Gasteiger partial charge in [0.15, 0.2) is 0 Å². The third-order valence-electron chi connectivity index (χ3n) is 3.35. The first kappa shape index (κ1) is 14.0. The number of halogens is 1. The molecule has 0 heterocycles. The Labute approximate surface area is 113 Å². The maximum atomic E-state index is 3.45. The fraction of sp³-hybridized carbons (Fsp3) is 0.571. The number of nitrogens with one attached hydrogen (secondary N) is 1. The summed E-state index contributed by atoms with van der Waals surface area (Å²) < 4.78 is 1.37. The third-order valence-corrected chi connectivity index (χ3v) is 4.34. The summed E-state index contributed by atoms with van der Waals surface area (Å²) in [5, 5.41) is 3.45. The Bertz CT molecular complexity index is 307. The zero-order chi connectivity index (χ0) is 12.0. The highest BCUT2D eigenvalue weighted by Crippen LogP contribution is 2.27. The first-order valence-electron chi connectivity index (χ1n) is 6.14. The molecule has 1 unspecified atom stereocenters. The van der Waals surface area contributed by atoms with Crippen molar-refractivity contribution in [1.29, 1.82) is 0 Å². The molecule has 1 aromatic carbocycles. The summed E-state index contributed by atoms with van der Waals surface area (Å²) in [6, 6.07) is 9.17. The SMILES string of the molecule is CCC(CC)CC(NC)c1ccccc1I. The highest BCUT2D eigenvalue weighted by atomic mass is 127. The van der Waals surface area contributed by atoms with Crippen molar-refractivity contribution in [3.63, 3.8) is 0 Å². The Morgan fingerprint density at radius 2 is 1.81 bits per heavy atom. The minimum atomic E-state index is 0.498. The van der Waals surface area contributed by atoms with E-state index in [0.29, 0.717) is 6.04 Å². The van der Waals surface area contributed by atoms with Gasteiger partial charge in [0.25, 0.3) is 0 Å². The summed E-state index contributed by atoms with van der Waals surface area (Å²) in [5.41, 5.74) is 1.44. The Morgan fingerprint density at radius 3 is 2.31 bits per heavy atom. The highest BCUT2D eigenvalue weighted by molar-refractivity contribution is 14.1. The maximum absolute atomic E-state index is 3.45. The van der Waals surface area contributed by atoms with Gasteiger partial charge in [0.05, 0.1) is 0 Å². The molecule has 1 rings (SSSR count). The van der Waals surface area contributed by atoms with Crippen LogP contribution >= 0.6 is 22.6 Å². The van der Waals surface area contributed by atoms with Gasteiger partial charge >= 0.3 is 0 Å². The zero-order valence-corrected chi connectivity index (χ0v) is 12.6. The van der Waals surface area contributed by atoms with Crippen LogP contribution in [0.15, 0.2) is 24.3 Å². The van der Waals surface area contributed by atoms with E-state index in [1.807, 2.05) is 0 Å². The molecule has 0 bridgehead atoms. The molecule has 2 heteroatoms. The van der Waals surface area contributed by atoms with Crippen LogP contribution in [0.2, 0.25) is 0 Å². The molecule has 0 aliphatic rings. The van der Waals surface area contributed by atoms with Crippen LogP contribution in [-0.2, 0) is 0 Å². The third kappa shape index (κ3) is 3.74. The lowest BCUT2D eigenvalue weighted by molar-refractivity contribution is 0.384. The van der Waals surface area contributed by atoms with Crippen molar-refractivity contribution < 1.29 is 0 Å². The predicted molar refractivity (Wildman–Crippen MR) is 79.6 cm³/mol. The summed E-state index contributed by atoms with van der Waals surface area (Å²) in [6.45, 7) is 4.58. The van der Waals surface area contributed by atoms with Gasteiger partial charge in [-0.1, -0.05) is 44.9 Å². The van der Waals surface area contributed by atoms with Crippen LogP contribution in [0, 0.1) is 9.49 Å². The van der Waals surface area contributed by atoms with Crippen molar-refractivity contribution in [1.82, 2.24) is 5.32 Å². The van der Waals surface area contributed by atoms with E-state index in [0.717, 1.165) is 5.92 Å². The average molecular weight is 331 g/mol. The number of hydrogen-bond donors (Lipinski definition) is 1. The van der Waals surface area contributed by atoms with Gasteiger partial charge in [0, 0.05) is 9.61 Å². The monoisotopic (exact) mass is 331 g/mol. The maximum Gasteiger partial charge on any atom is 0.0330 e. The molecule has 0 amide bonds. The molecule has 0 fully saturated rings.